The topological polar surface area (TPSA) is 72.6 Å². The van der Waals surface area contributed by atoms with Crippen LogP contribution in [0.1, 0.15) is 30.1 Å². The summed E-state index contributed by atoms with van der Waals surface area (Å²) >= 11 is 6.04. The molecule has 0 atom stereocenters. The number of imidazole rings is 1. The number of halogens is 2. The van der Waals surface area contributed by atoms with Crippen LogP contribution in [0, 0.1) is 5.82 Å². The van der Waals surface area contributed by atoms with Crippen LogP contribution in [-0.2, 0) is 25.9 Å². The number of nitrogens with zero attached hydrogens (tertiary/aromatic N) is 7. The molecule has 0 saturated heterocycles. The van der Waals surface area contributed by atoms with Gasteiger partial charge in [-0.2, -0.15) is 4.39 Å². The molecule has 0 saturated carbocycles. The average Bonchev–Trinajstić information content (AvgIpc) is 3.08. The van der Waals surface area contributed by atoms with Crippen LogP contribution in [0.2, 0.25) is 5.15 Å². The Morgan fingerprint density at radius 1 is 0.963 bits per heavy atom. The Labute approximate surface area is 160 Å². The van der Waals surface area contributed by atoms with Crippen molar-refractivity contribution in [2.24, 2.45) is 0 Å². The molecule has 0 spiro atoms. The van der Waals surface area contributed by atoms with E-state index in [4.69, 9.17) is 16.6 Å². The Kier molecular flexibility index (Phi) is 4.00. The molecule has 0 unspecified atom stereocenters. The smallest absolute Gasteiger partial charge is 0.202 e. The fourth-order valence-corrected chi connectivity index (χ4v) is 3.99. The molecule has 27 heavy (non-hydrogen) atoms. The molecular weight excluding hydrogens is 369 g/mol. The minimum Gasteiger partial charge on any atom is -0.345 e. The molecule has 3 aromatic heterocycles. The zero-order valence-electron chi connectivity index (χ0n) is 14.6. The third-order valence-electron chi connectivity index (χ3n) is 5.10. The molecule has 1 aliphatic carbocycles. The highest BCUT2D eigenvalue weighted by Crippen LogP contribution is 2.30. The molecular formula is C18H17ClFN7. The molecule has 7 nitrogen and oxygen atoms in total. The molecule has 9 heteroatoms. The van der Waals surface area contributed by atoms with Gasteiger partial charge in [0, 0.05) is 31.2 Å². The fourth-order valence-electron chi connectivity index (χ4n) is 3.83. The summed E-state index contributed by atoms with van der Waals surface area (Å²) < 4.78 is 17.0. The van der Waals surface area contributed by atoms with E-state index in [-0.39, 0.29) is 16.8 Å². The van der Waals surface area contributed by atoms with Crippen LogP contribution in [0.5, 0.6) is 0 Å². The summed E-state index contributed by atoms with van der Waals surface area (Å²) in [6.07, 6.45) is 7.67. The second kappa shape index (κ2) is 6.53. The van der Waals surface area contributed by atoms with Crippen molar-refractivity contribution in [2.75, 3.05) is 11.4 Å². The lowest BCUT2D eigenvalue weighted by molar-refractivity contribution is 0.517. The summed E-state index contributed by atoms with van der Waals surface area (Å²) in [6.45, 7) is 1.89. The molecule has 0 bridgehead atoms. The zero-order chi connectivity index (χ0) is 18.4. The molecule has 1 aliphatic heterocycles. The van der Waals surface area contributed by atoms with Gasteiger partial charge in [0.25, 0.3) is 0 Å². The van der Waals surface area contributed by atoms with E-state index in [1.54, 1.807) is 18.5 Å². The maximum atomic E-state index is 14.7. The lowest BCUT2D eigenvalue weighted by Crippen LogP contribution is -2.35. The van der Waals surface area contributed by atoms with Crippen LogP contribution in [0.25, 0.3) is 11.6 Å². The van der Waals surface area contributed by atoms with Crippen molar-refractivity contribution in [2.45, 2.75) is 38.8 Å². The maximum Gasteiger partial charge on any atom is 0.202 e. The lowest BCUT2D eigenvalue weighted by atomic mass is 10.0. The zero-order valence-corrected chi connectivity index (χ0v) is 15.3. The van der Waals surface area contributed by atoms with Gasteiger partial charge in [-0.3, -0.25) is 0 Å². The van der Waals surface area contributed by atoms with Crippen molar-refractivity contribution in [3.8, 4) is 11.6 Å². The monoisotopic (exact) mass is 385 g/mol. The highest BCUT2D eigenvalue weighted by Gasteiger charge is 2.28. The van der Waals surface area contributed by atoms with Gasteiger partial charge in [0.15, 0.2) is 16.8 Å². The number of anilines is 1. The van der Waals surface area contributed by atoms with Gasteiger partial charge >= 0.3 is 0 Å². The van der Waals surface area contributed by atoms with Crippen molar-refractivity contribution >= 4 is 17.4 Å². The van der Waals surface area contributed by atoms with Crippen molar-refractivity contribution in [1.29, 1.82) is 0 Å². The number of fused-ring (bicyclic) bond motifs is 3. The van der Waals surface area contributed by atoms with Crippen LogP contribution in [0.4, 0.5) is 10.2 Å². The van der Waals surface area contributed by atoms with Gasteiger partial charge in [0.2, 0.25) is 11.6 Å². The maximum absolute atomic E-state index is 14.7. The van der Waals surface area contributed by atoms with Crippen molar-refractivity contribution in [1.82, 2.24) is 29.5 Å². The summed E-state index contributed by atoms with van der Waals surface area (Å²) in [5.41, 5.74) is 2.54. The second-order valence-electron chi connectivity index (χ2n) is 6.75. The predicted octanol–water partition coefficient (Wildman–Crippen LogP) is 2.82. The summed E-state index contributed by atoms with van der Waals surface area (Å²) in [7, 11) is 0. The molecule has 5 rings (SSSR count). The lowest BCUT2D eigenvalue weighted by Gasteiger charge is -2.30. The van der Waals surface area contributed by atoms with E-state index in [9.17, 15) is 4.39 Å². The summed E-state index contributed by atoms with van der Waals surface area (Å²) in [4.78, 5) is 23.3. The third-order valence-corrected chi connectivity index (χ3v) is 5.35. The summed E-state index contributed by atoms with van der Waals surface area (Å²) in [6, 6.07) is 1.70. The Morgan fingerprint density at radius 2 is 1.78 bits per heavy atom. The summed E-state index contributed by atoms with van der Waals surface area (Å²) in [5.74, 6) is 1.03. The first-order chi connectivity index (χ1) is 13.2. The van der Waals surface area contributed by atoms with Crippen molar-refractivity contribution in [3.05, 3.63) is 46.6 Å². The predicted molar refractivity (Wildman–Crippen MR) is 97.9 cm³/mol. The third kappa shape index (κ3) is 2.84. The van der Waals surface area contributed by atoms with Crippen LogP contribution in [-0.4, -0.2) is 36.0 Å². The molecule has 138 valence electrons. The van der Waals surface area contributed by atoms with Crippen molar-refractivity contribution < 1.29 is 4.39 Å². The Morgan fingerprint density at radius 3 is 2.63 bits per heavy atom. The first-order valence-electron chi connectivity index (χ1n) is 9.03. The van der Waals surface area contributed by atoms with E-state index >= 15 is 0 Å². The molecule has 2 aliphatic rings. The molecule has 3 aromatic rings. The minimum atomic E-state index is -0.624. The van der Waals surface area contributed by atoms with Gasteiger partial charge in [0.1, 0.15) is 5.82 Å². The number of hydrogen-bond acceptors (Lipinski definition) is 6. The number of hydrogen-bond donors (Lipinski definition) is 0. The van der Waals surface area contributed by atoms with E-state index in [1.807, 2.05) is 4.90 Å². The van der Waals surface area contributed by atoms with Crippen LogP contribution in [0.15, 0.2) is 18.5 Å². The molecule has 0 amide bonds. The SMILES string of the molecule is Fc1c(Cl)nc(-c2ncccn2)nc1N1CCn2c(nc3c2CCCC3)C1. The average molecular weight is 386 g/mol. The Balaban J connectivity index is 1.52. The highest BCUT2D eigenvalue weighted by molar-refractivity contribution is 6.29. The van der Waals surface area contributed by atoms with E-state index < -0.39 is 5.82 Å². The van der Waals surface area contributed by atoms with Gasteiger partial charge in [-0.15, -0.1) is 0 Å². The fraction of sp³-hybridized carbons (Fsp3) is 0.389. The number of aromatic nitrogens is 6. The van der Waals surface area contributed by atoms with Crippen LogP contribution in [0.3, 0.4) is 0 Å². The van der Waals surface area contributed by atoms with E-state index in [2.05, 4.69) is 24.5 Å². The highest BCUT2D eigenvalue weighted by atomic mass is 35.5. The minimum absolute atomic E-state index is 0.171. The largest absolute Gasteiger partial charge is 0.345 e. The molecule has 0 radical (unpaired) electrons. The first kappa shape index (κ1) is 16.6. The standard InChI is InChI=1S/C18H17ClFN7/c19-15-14(20)18(25-17(24-15)16-21-6-3-7-22-16)26-8-9-27-12-5-2-1-4-11(12)23-13(27)10-26/h3,6-7H,1-2,4-5,8-10H2. The Bertz CT molecular complexity index is 1000. The van der Waals surface area contributed by atoms with Gasteiger partial charge < -0.3 is 9.47 Å². The van der Waals surface area contributed by atoms with Crippen LogP contribution < -0.4 is 4.90 Å². The normalized spacial score (nSPS) is 16.1. The molecule has 0 fully saturated rings. The van der Waals surface area contributed by atoms with E-state index in [0.29, 0.717) is 18.9 Å². The van der Waals surface area contributed by atoms with Gasteiger partial charge in [-0.05, 0) is 31.7 Å². The molecule has 4 heterocycles. The van der Waals surface area contributed by atoms with Crippen molar-refractivity contribution in [3.63, 3.8) is 0 Å². The number of aryl methyl sites for hydroxylation is 1. The summed E-state index contributed by atoms with van der Waals surface area (Å²) in [5, 5.41) is -0.226. The van der Waals surface area contributed by atoms with E-state index in [1.165, 1.54) is 24.2 Å². The van der Waals surface area contributed by atoms with Gasteiger partial charge in [0.05, 0.1) is 12.2 Å². The van der Waals surface area contributed by atoms with Crippen LogP contribution >= 0.6 is 11.6 Å². The van der Waals surface area contributed by atoms with Gasteiger partial charge in [-0.1, -0.05) is 11.6 Å². The second-order valence-corrected chi connectivity index (χ2v) is 7.11. The quantitative estimate of drug-likeness (QED) is 0.631. The van der Waals surface area contributed by atoms with Gasteiger partial charge in [-0.25, -0.2) is 24.9 Å². The first-order valence-corrected chi connectivity index (χ1v) is 9.41. The Hall–Kier alpha value is -2.61. The molecule has 0 aromatic carbocycles. The molecule has 0 N–H and O–H groups in total. The van der Waals surface area contributed by atoms with E-state index in [0.717, 1.165) is 25.2 Å². The number of rotatable bonds is 2.